The van der Waals surface area contributed by atoms with E-state index in [1.807, 2.05) is 20.8 Å². The third-order valence-electron chi connectivity index (χ3n) is 1.74. The second kappa shape index (κ2) is 4.68. The van der Waals surface area contributed by atoms with E-state index in [0.717, 1.165) is 17.3 Å². The lowest BCUT2D eigenvalue weighted by atomic mass is 10.4. The van der Waals surface area contributed by atoms with Gasteiger partial charge < -0.3 is 4.42 Å². The fraction of sp³-hybridized carbons (Fsp3) is 0.500. The standard InChI is InChI=1S/C10H14N2O/c1-4-5-6-11-7-10-12-8(2)9(3)13-10/h11H,6-7H2,1-3H3. The maximum atomic E-state index is 5.37. The third-order valence-corrected chi connectivity index (χ3v) is 1.74. The van der Waals surface area contributed by atoms with Gasteiger partial charge in [-0.15, -0.1) is 5.92 Å². The summed E-state index contributed by atoms with van der Waals surface area (Å²) in [6.07, 6.45) is 0. The van der Waals surface area contributed by atoms with E-state index < -0.39 is 0 Å². The maximum absolute atomic E-state index is 5.37. The molecule has 3 heteroatoms. The molecule has 0 amide bonds. The first-order chi connectivity index (χ1) is 6.24. The first-order valence-corrected chi connectivity index (χ1v) is 4.27. The number of rotatable bonds is 3. The van der Waals surface area contributed by atoms with Crippen LogP contribution < -0.4 is 5.32 Å². The fourth-order valence-corrected chi connectivity index (χ4v) is 0.935. The molecular weight excluding hydrogens is 164 g/mol. The molecule has 3 nitrogen and oxygen atoms in total. The Morgan fingerprint density at radius 3 is 2.77 bits per heavy atom. The van der Waals surface area contributed by atoms with Crippen molar-refractivity contribution >= 4 is 0 Å². The minimum Gasteiger partial charge on any atom is -0.444 e. The van der Waals surface area contributed by atoms with Crippen molar-refractivity contribution in [2.24, 2.45) is 0 Å². The Kier molecular flexibility index (Phi) is 3.53. The van der Waals surface area contributed by atoms with Crippen LogP contribution in [0.3, 0.4) is 0 Å². The molecule has 0 aliphatic rings. The molecular formula is C10H14N2O. The molecule has 1 rings (SSSR count). The zero-order chi connectivity index (χ0) is 9.68. The highest BCUT2D eigenvalue weighted by molar-refractivity contribution is 5.05. The summed E-state index contributed by atoms with van der Waals surface area (Å²) in [4.78, 5) is 4.23. The van der Waals surface area contributed by atoms with Crippen LogP contribution in [0.25, 0.3) is 0 Å². The number of aromatic nitrogens is 1. The number of hydrogen-bond donors (Lipinski definition) is 1. The normalized spacial score (nSPS) is 9.46. The second-order valence-electron chi connectivity index (χ2n) is 2.78. The third kappa shape index (κ3) is 2.92. The molecule has 0 unspecified atom stereocenters. The molecule has 0 aliphatic carbocycles. The van der Waals surface area contributed by atoms with Crippen molar-refractivity contribution in [2.75, 3.05) is 6.54 Å². The van der Waals surface area contributed by atoms with Crippen molar-refractivity contribution in [3.05, 3.63) is 17.3 Å². The van der Waals surface area contributed by atoms with Crippen molar-refractivity contribution in [1.82, 2.24) is 10.3 Å². The molecule has 0 saturated carbocycles. The lowest BCUT2D eigenvalue weighted by Gasteiger charge is -1.93. The number of aryl methyl sites for hydroxylation is 2. The lowest BCUT2D eigenvalue weighted by Crippen LogP contribution is -2.13. The van der Waals surface area contributed by atoms with Gasteiger partial charge >= 0.3 is 0 Å². The van der Waals surface area contributed by atoms with Crippen molar-refractivity contribution in [3.8, 4) is 11.8 Å². The first kappa shape index (κ1) is 9.82. The molecule has 0 radical (unpaired) electrons. The number of nitrogens with zero attached hydrogens (tertiary/aromatic N) is 1. The van der Waals surface area contributed by atoms with E-state index in [9.17, 15) is 0 Å². The molecule has 13 heavy (non-hydrogen) atoms. The molecule has 0 spiro atoms. The Hall–Kier alpha value is -1.27. The summed E-state index contributed by atoms with van der Waals surface area (Å²) in [5.41, 5.74) is 0.957. The molecule has 0 saturated heterocycles. The molecule has 1 aromatic heterocycles. The number of oxazole rings is 1. The SMILES string of the molecule is CC#CCNCc1nc(C)c(C)o1. The first-order valence-electron chi connectivity index (χ1n) is 4.27. The summed E-state index contributed by atoms with van der Waals surface area (Å²) in [6.45, 7) is 6.99. The van der Waals surface area contributed by atoms with E-state index in [1.54, 1.807) is 0 Å². The van der Waals surface area contributed by atoms with E-state index in [0.29, 0.717) is 13.1 Å². The van der Waals surface area contributed by atoms with Crippen LogP contribution in [0.4, 0.5) is 0 Å². The summed E-state index contributed by atoms with van der Waals surface area (Å²) in [5, 5.41) is 3.11. The fourth-order valence-electron chi connectivity index (χ4n) is 0.935. The molecule has 1 N–H and O–H groups in total. The van der Waals surface area contributed by atoms with E-state index in [4.69, 9.17) is 4.42 Å². The van der Waals surface area contributed by atoms with E-state index in [1.165, 1.54) is 0 Å². The summed E-state index contributed by atoms with van der Waals surface area (Å²) in [7, 11) is 0. The van der Waals surface area contributed by atoms with Gasteiger partial charge in [-0.2, -0.15) is 0 Å². The molecule has 1 heterocycles. The van der Waals surface area contributed by atoms with Crippen LogP contribution in [0.5, 0.6) is 0 Å². The van der Waals surface area contributed by atoms with Gasteiger partial charge in [-0.25, -0.2) is 4.98 Å². The monoisotopic (exact) mass is 178 g/mol. The van der Waals surface area contributed by atoms with Gasteiger partial charge in [0, 0.05) is 0 Å². The average Bonchev–Trinajstić information content (AvgIpc) is 2.41. The van der Waals surface area contributed by atoms with Crippen molar-refractivity contribution in [2.45, 2.75) is 27.3 Å². The molecule has 0 atom stereocenters. The molecule has 0 fully saturated rings. The van der Waals surface area contributed by atoms with E-state index >= 15 is 0 Å². The smallest absolute Gasteiger partial charge is 0.208 e. The van der Waals surface area contributed by atoms with Crippen molar-refractivity contribution in [3.63, 3.8) is 0 Å². The summed E-state index contributed by atoms with van der Waals surface area (Å²) >= 11 is 0. The van der Waals surface area contributed by atoms with Crippen LogP contribution in [0.1, 0.15) is 24.3 Å². The highest BCUT2D eigenvalue weighted by Crippen LogP contribution is 2.07. The predicted octanol–water partition coefficient (Wildman–Crippen LogP) is 1.40. The van der Waals surface area contributed by atoms with Gasteiger partial charge in [-0.3, -0.25) is 5.32 Å². The quantitative estimate of drug-likeness (QED) is 0.561. The van der Waals surface area contributed by atoms with Crippen molar-refractivity contribution < 1.29 is 4.42 Å². The van der Waals surface area contributed by atoms with Gasteiger partial charge in [0.2, 0.25) is 5.89 Å². The Bertz CT molecular complexity index is 311. The second-order valence-corrected chi connectivity index (χ2v) is 2.78. The van der Waals surface area contributed by atoms with Gasteiger partial charge in [0.1, 0.15) is 5.76 Å². The molecule has 70 valence electrons. The van der Waals surface area contributed by atoms with Crippen LogP contribution >= 0.6 is 0 Å². The van der Waals surface area contributed by atoms with E-state index in [2.05, 4.69) is 22.1 Å². The summed E-state index contributed by atoms with van der Waals surface area (Å²) in [5.74, 6) is 7.33. The van der Waals surface area contributed by atoms with Crippen LogP contribution in [0, 0.1) is 25.7 Å². The Labute approximate surface area is 78.5 Å². The lowest BCUT2D eigenvalue weighted by molar-refractivity contribution is 0.455. The van der Waals surface area contributed by atoms with Gasteiger partial charge in [0.05, 0.1) is 18.8 Å². The Morgan fingerprint density at radius 1 is 1.46 bits per heavy atom. The molecule has 0 aliphatic heterocycles. The number of hydrogen-bond acceptors (Lipinski definition) is 3. The summed E-state index contributed by atoms with van der Waals surface area (Å²) < 4.78 is 5.37. The Morgan fingerprint density at radius 2 is 2.23 bits per heavy atom. The summed E-state index contributed by atoms with van der Waals surface area (Å²) in [6, 6.07) is 0. The molecule has 1 aromatic rings. The van der Waals surface area contributed by atoms with Gasteiger partial charge in [0.25, 0.3) is 0 Å². The van der Waals surface area contributed by atoms with Gasteiger partial charge in [-0.05, 0) is 20.8 Å². The maximum Gasteiger partial charge on any atom is 0.208 e. The highest BCUT2D eigenvalue weighted by atomic mass is 16.4. The van der Waals surface area contributed by atoms with E-state index in [-0.39, 0.29) is 0 Å². The van der Waals surface area contributed by atoms with Crippen LogP contribution in [-0.4, -0.2) is 11.5 Å². The van der Waals surface area contributed by atoms with Gasteiger partial charge in [0.15, 0.2) is 0 Å². The minimum absolute atomic E-state index is 0.642. The Balaban J connectivity index is 2.40. The van der Waals surface area contributed by atoms with Crippen LogP contribution in [0.2, 0.25) is 0 Å². The largest absolute Gasteiger partial charge is 0.444 e. The minimum atomic E-state index is 0.642. The van der Waals surface area contributed by atoms with Crippen molar-refractivity contribution in [1.29, 1.82) is 0 Å². The van der Waals surface area contributed by atoms with Crippen LogP contribution in [-0.2, 0) is 6.54 Å². The predicted molar refractivity (Wildman–Crippen MR) is 51.1 cm³/mol. The van der Waals surface area contributed by atoms with Gasteiger partial charge in [-0.1, -0.05) is 5.92 Å². The topological polar surface area (TPSA) is 38.1 Å². The van der Waals surface area contributed by atoms with Crippen LogP contribution in [0.15, 0.2) is 4.42 Å². The zero-order valence-electron chi connectivity index (χ0n) is 8.27. The average molecular weight is 178 g/mol. The number of nitrogens with one attached hydrogen (secondary N) is 1. The molecule has 0 bridgehead atoms. The zero-order valence-corrected chi connectivity index (χ0v) is 8.27. The molecule has 0 aromatic carbocycles. The highest BCUT2D eigenvalue weighted by Gasteiger charge is 2.03.